The van der Waals surface area contributed by atoms with Crippen molar-refractivity contribution in [2.45, 2.75) is 30.1 Å². The lowest BCUT2D eigenvalue weighted by Crippen LogP contribution is -2.15. The van der Waals surface area contributed by atoms with Crippen LogP contribution in [0.25, 0.3) is 0 Å². The zero-order chi connectivity index (χ0) is 12.3. The van der Waals surface area contributed by atoms with Gasteiger partial charge in [0.25, 0.3) is 5.69 Å². The van der Waals surface area contributed by atoms with E-state index in [0.717, 1.165) is 4.47 Å². The number of hydrogen-bond donors (Lipinski definition) is 1. The fourth-order valence-corrected chi connectivity index (χ4v) is 2.60. The minimum absolute atomic E-state index is 0.0701. The molecule has 0 bridgehead atoms. The van der Waals surface area contributed by atoms with Gasteiger partial charge in [-0.05, 0) is 19.1 Å². The van der Waals surface area contributed by atoms with Crippen LogP contribution in [0.2, 0.25) is 0 Å². The molecule has 0 fully saturated rings. The average Bonchev–Trinajstić information content (AvgIpc) is 2.16. The molecule has 1 N–H and O–H groups in total. The Morgan fingerprint density at radius 2 is 2.12 bits per heavy atom. The van der Waals surface area contributed by atoms with Gasteiger partial charge >= 0.3 is 0 Å². The summed E-state index contributed by atoms with van der Waals surface area (Å²) in [6.45, 7) is 3.50. The molecule has 1 aromatic rings. The minimum atomic E-state index is -0.511. The molecule has 0 aromatic heterocycles. The fourth-order valence-electron chi connectivity index (χ4n) is 1.03. The third-order valence-electron chi connectivity index (χ3n) is 2.11. The van der Waals surface area contributed by atoms with Crippen LogP contribution in [-0.4, -0.2) is 21.4 Å². The second-order valence-corrected chi connectivity index (χ2v) is 5.77. The van der Waals surface area contributed by atoms with Gasteiger partial charge in [0.2, 0.25) is 0 Å². The minimum Gasteiger partial charge on any atom is -0.392 e. The summed E-state index contributed by atoms with van der Waals surface area (Å²) < 4.78 is 0.790. The molecule has 1 aromatic carbocycles. The quantitative estimate of drug-likeness (QED) is 0.527. The van der Waals surface area contributed by atoms with Crippen molar-refractivity contribution in [2.75, 3.05) is 0 Å². The summed E-state index contributed by atoms with van der Waals surface area (Å²) in [5.41, 5.74) is 0.0701. The Morgan fingerprint density at radius 1 is 1.50 bits per heavy atom. The van der Waals surface area contributed by atoms with Crippen LogP contribution in [0.3, 0.4) is 0 Å². The molecule has 4 nitrogen and oxygen atoms in total. The third kappa shape index (κ3) is 3.47. The zero-order valence-electron chi connectivity index (χ0n) is 8.88. The predicted molar refractivity (Wildman–Crippen MR) is 67.8 cm³/mol. The van der Waals surface area contributed by atoms with Crippen molar-refractivity contribution in [3.05, 3.63) is 32.8 Å². The molecule has 0 aliphatic carbocycles. The molecule has 2 unspecified atom stereocenters. The van der Waals surface area contributed by atoms with Gasteiger partial charge in [0, 0.05) is 15.8 Å². The van der Waals surface area contributed by atoms with Crippen LogP contribution in [0.4, 0.5) is 5.69 Å². The highest BCUT2D eigenvalue weighted by Gasteiger charge is 2.19. The maximum atomic E-state index is 10.8. The molecule has 0 aliphatic heterocycles. The van der Waals surface area contributed by atoms with Crippen molar-refractivity contribution in [2.24, 2.45) is 0 Å². The summed E-state index contributed by atoms with van der Waals surface area (Å²) in [6, 6.07) is 4.79. The van der Waals surface area contributed by atoms with E-state index >= 15 is 0 Å². The molecular formula is C10H12BrNO3S. The molecule has 0 saturated heterocycles. The Balaban J connectivity index is 3.01. The highest BCUT2D eigenvalue weighted by Crippen LogP contribution is 2.35. The van der Waals surface area contributed by atoms with E-state index in [2.05, 4.69) is 15.9 Å². The van der Waals surface area contributed by atoms with Gasteiger partial charge in [0.1, 0.15) is 0 Å². The molecule has 6 heteroatoms. The number of aliphatic hydroxyl groups excluding tert-OH is 1. The van der Waals surface area contributed by atoms with Crippen LogP contribution in [0.5, 0.6) is 0 Å². The number of thioether (sulfide) groups is 1. The van der Waals surface area contributed by atoms with Crippen molar-refractivity contribution in [1.29, 1.82) is 0 Å². The number of nitrogens with zero attached hydrogens (tertiary/aromatic N) is 1. The molecule has 2 atom stereocenters. The lowest BCUT2D eigenvalue weighted by atomic mass is 10.3. The lowest BCUT2D eigenvalue weighted by Gasteiger charge is -2.14. The van der Waals surface area contributed by atoms with Crippen molar-refractivity contribution in [3.63, 3.8) is 0 Å². The van der Waals surface area contributed by atoms with E-state index < -0.39 is 11.0 Å². The lowest BCUT2D eigenvalue weighted by molar-refractivity contribution is -0.387. The molecule has 16 heavy (non-hydrogen) atoms. The van der Waals surface area contributed by atoms with E-state index in [1.54, 1.807) is 19.1 Å². The number of rotatable bonds is 4. The Labute approximate surface area is 106 Å². The van der Waals surface area contributed by atoms with E-state index in [4.69, 9.17) is 0 Å². The molecular weight excluding hydrogens is 294 g/mol. The van der Waals surface area contributed by atoms with E-state index in [0.29, 0.717) is 4.90 Å². The maximum absolute atomic E-state index is 10.8. The largest absolute Gasteiger partial charge is 0.392 e. The first-order chi connectivity index (χ1) is 7.41. The van der Waals surface area contributed by atoms with Gasteiger partial charge in [-0.2, -0.15) is 0 Å². The average molecular weight is 306 g/mol. The van der Waals surface area contributed by atoms with Gasteiger partial charge in [-0.3, -0.25) is 10.1 Å². The summed E-state index contributed by atoms with van der Waals surface area (Å²) >= 11 is 4.57. The first kappa shape index (κ1) is 13.5. The number of hydrogen-bond acceptors (Lipinski definition) is 4. The standard InChI is InChI=1S/C10H12BrNO3S/c1-6(13)7(2)16-10-5-8(11)3-4-9(10)12(14)15/h3-7,13H,1-2H3. The van der Waals surface area contributed by atoms with E-state index in [1.165, 1.54) is 17.8 Å². The summed E-state index contributed by atoms with van der Waals surface area (Å²) in [4.78, 5) is 10.9. The molecule has 0 saturated carbocycles. The van der Waals surface area contributed by atoms with Gasteiger partial charge in [-0.1, -0.05) is 22.9 Å². The van der Waals surface area contributed by atoms with Crippen LogP contribution in [0, 0.1) is 10.1 Å². The Kier molecular flexibility index (Phi) is 4.76. The molecule has 0 heterocycles. The monoisotopic (exact) mass is 305 g/mol. The van der Waals surface area contributed by atoms with Gasteiger partial charge in [0.05, 0.1) is 15.9 Å². The third-order valence-corrected chi connectivity index (χ3v) is 3.95. The number of benzene rings is 1. The van der Waals surface area contributed by atoms with Crippen molar-refractivity contribution in [3.8, 4) is 0 Å². The van der Waals surface area contributed by atoms with Crippen LogP contribution < -0.4 is 0 Å². The first-order valence-electron chi connectivity index (χ1n) is 4.70. The van der Waals surface area contributed by atoms with Crippen molar-refractivity contribution >= 4 is 33.4 Å². The second-order valence-electron chi connectivity index (χ2n) is 3.43. The van der Waals surface area contributed by atoms with Gasteiger partial charge < -0.3 is 5.11 Å². The van der Waals surface area contributed by atoms with E-state index in [9.17, 15) is 15.2 Å². The number of halogens is 1. The maximum Gasteiger partial charge on any atom is 0.282 e. The normalized spacial score (nSPS) is 14.5. The number of nitro benzene ring substituents is 1. The van der Waals surface area contributed by atoms with Crippen LogP contribution in [-0.2, 0) is 0 Å². The molecule has 0 radical (unpaired) electrons. The highest BCUT2D eigenvalue weighted by atomic mass is 79.9. The number of aliphatic hydroxyl groups is 1. The van der Waals surface area contributed by atoms with E-state index in [-0.39, 0.29) is 10.9 Å². The van der Waals surface area contributed by atoms with Gasteiger partial charge in [0.15, 0.2) is 0 Å². The van der Waals surface area contributed by atoms with Crippen LogP contribution in [0.15, 0.2) is 27.6 Å². The van der Waals surface area contributed by atoms with Gasteiger partial charge in [-0.25, -0.2) is 0 Å². The topological polar surface area (TPSA) is 63.4 Å². The summed E-state index contributed by atoms with van der Waals surface area (Å²) in [5, 5.41) is 20.1. The Morgan fingerprint density at radius 3 is 2.62 bits per heavy atom. The first-order valence-corrected chi connectivity index (χ1v) is 6.37. The molecule has 88 valence electrons. The predicted octanol–water partition coefficient (Wildman–Crippen LogP) is 3.22. The second kappa shape index (κ2) is 5.65. The van der Waals surface area contributed by atoms with Gasteiger partial charge in [-0.15, -0.1) is 11.8 Å². The summed E-state index contributed by atoms with van der Waals surface area (Å²) in [6.07, 6.45) is -0.511. The zero-order valence-corrected chi connectivity index (χ0v) is 11.3. The van der Waals surface area contributed by atoms with Crippen molar-refractivity contribution < 1.29 is 10.0 Å². The Hall–Kier alpha value is -0.590. The van der Waals surface area contributed by atoms with E-state index in [1.807, 2.05) is 6.92 Å². The molecule has 0 amide bonds. The summed E-state index contributed by atoms with van der Waals surface area (Å²) in [5.74, 6) is 0. The van der Waals surface area contributed by atoms with Crippen LogP contribution >= 0.6 is 27.7 Å². The number of nitro groups is 1. The van der Waals surface area contributed by atoms with Crippen molar-refractivity contribution in [1.82, 2.24) is 0 Å². The Bertz CT molecular complexity index is 398. The highest BCUT2D eigenvalue weighted by molar-refractivity contribution is 9.10. The molecule has 0 spiro atoms. The molecule has 1 rings (SSSR count). The SMILES string of the molecule is CC(O)C(C)Sc1cc(Br)ccc1[N+](=O)[O-]. The van der Waals surface area contributed by atoms with Crippen LogP contribution in [0.1, 0.15) is 13.8 Å². The summed E-state index contributed by atoms with van der Waals surface area (Å²) in [7, 11) is 0. The smallest absolute Gasteiger partial charge is 0.282 e. The fraction of sp³-hybridized carbons (Fsp3) is 0.400. The molecule has 0 aliphatic rings.